The van der Waals surface area contributed by atoms with Gasteiger partial charge in [-0.05, 0) is 18.8 Å². The van der Waals surface area contributed by atoms with Gasteiger partial charge < -0.3 is 15.8 Å². The lowest BCUT2D eigenvalue weighted by atomic mass is 10.0. The summed E-state index contributed by atoms with van der Waals surface area (Å²) in [6.07, 6.45) is 9.13. The van der Waals surface area contributed by atoms with E-state index in [-0.39, 0.29) is 0 Å². The molecule has 0 atom stereocenters. The number of hydrogen-bond acceptors (Lipinski definition) is 5. The molecule has 19 heavy (non-hydrogen) atoms. The Balaban J connectivity index is 1.84. The fourth-order valence-electron chi connectivity index (χ4n) is 2.53. The minimum absolute atomic E-state index is 0.486. The maximum Gasteiger partial charge on any atom is 0.242 e. The average molecular weight is 264 g/mol. The molecule has 1 aliphatic carbocycles. The Morgan fingerprint density at radius 3 is 2.89 bits per heavy atom. The van der Waals surface area contributed by atoms with Crippen LogP contribution in [0.1, 0.15) is 45.4 Å². The van der Waals surface area contributed by atoms with Gasteiger partial charge in [-0.3, -0.25) is 0 Å². The van der Waals surface area contributed by atoms with E-state index in [1.165, 1.54) is 38.4 Å². The normalized spacial score (nSPS) is 15.6. The van der Waals surface area contributed by atoms with Gasteiger partial charge in [0.25, 0.3) is 0 Å². The third-order valence-corrected chi connectivity index (χ3v) is 3.61. The summed E-state index contributed by atoms with van der Waals surface area (Å²) in [5, 5.41) is 3.30. The van der Waals surface area contributed by atoms with E-state index in [9.17, 15) is 0 Å². The molecule has 106 valence electrons. The van der Waals surface area contributed by atoms with Gasteiger partial charge in [-0.2, -0.15) is 4.98 Å². The molecule has 2 rings (SSSR count). The second-order valence-electron chi connectivity index (χ2n) is 5.16. The topological polar surface area (TPSA) is 73.1 Å². The van der Waals surface area contributed by atoms with Crippen molar-refractivity contribution in [2.45, 2.75) is 45.4 Å². The van der Waals surface area contributed by atoms with E-state index in [1.54, 1.807) is 0 Å². The van der Waals surface area contributed by atoms with Crippen molar-refractivity contribution in [3.8, 4) is 5.88 Å². The lowest BCUT2D eigenvalue weighted by Crippen LogP contribution is -2.11. The molecule has 1 heterocycles. The molecule has 0 saturated heterocycles. The summed E-state index contributed by atoms with van der Waals surface area (Å²) in [4.78, 5) is 8.25. The van der Waals surface area contributed by atoms with Crippen molar-refractivity contribution < 1.29 is 4.74 Å². The molecule has 0 aliphatic heterocycles. The Morgan fingerprint density at radius 1 is 1.37 bits per heavy atom. The number of hydrogen-bond donors (Lipinski definition) is 2. The first-order valence-electron chi connectivity index (χ1n) is 7.28. The van der Waals surface area contributed by atoms with Gasteiger partial charge in [0.1, 0.15) is 12.0 Å². The number of nitrogens with zero attached hydrogens (tertiary/aromatic N) is 2. The highest BCUT2D eigenvalue weighted by Gasteiger charge is 2.15. The number of nitrogen functional groups attached to an aromatic ring is 1. The molecule has 1 saturated carbocycles. The Morgan fingerprint density at radius 2 is 2.16 bits per heavy atom. The zero-order valence-electron chi connectivity index (χ0n) is 11.7. The van der Waals surface area contributed by atoms with Crippen molar-refractivity contribution in [3.63, 3.8) is 0 Å². The molecular weight excluding hydrogens is 240 g/mol. The number of aromatic nitrogens is 2. The molecule has 3 N–H and O–H groups in total. The van der Waals surface area contributed by atoms with E-state index in [4.69, 9.17) is 10.5 Å². The third kappa shape index (κ3) is 3.98. The van der Waals surface area contributed by atoms with E-state index in [0.717, 1.165) is 18.9 Å². The highest BCUT2D eigenvalue weighted by Crippen LogP contribution is 2.28. The highest BCUT2D eigenvalue weighted by molar-refractivity contribution is 5.66. The van der Waals surface area contributed by atoms with Gasteiger partial charge in [0.2, 0.25) is 5.88 Å². The van der Waals surface area contributed by atoms with Crippen LogP contribution >= 0.6 is 0 Å². The van der Waals surface area contributed by atoms with E-state index in [1.807, 2.05) is 0 Å². The molecule has 0 aromatic carbocycles. The minimum Gasteiger partial charge on any atom is -0.476 e. The smallest absolute Gasteiger partial charge is 0.242 e. The van der Waals surface area contributed by atoms with Crippen LogP contribution in [-0.2, 0) is 0 Å². The average Bonchev–Trinajstić information content (AvgIpc) is 2.92. The summed E-state index contributed by atoms with van der Waals surface area (Å²) in [5.74, 6) is 2.05. The molecule has 1 aromatic heterocycles. The molecule has 0 unspecified atom stereocenters. The quantitative estimate of drug-likeness (QED) is 0.792. The summed E-state index contributed by atoms with van der Waals surface area (Å²) in [6.45, 7) is 3.60. The first kappa shape index (κ1) is 13.9. The van der Waals surface area contributed by atoms with Crippen LogP contribution in [-0.4, -0.2) is 23.1 Å². The van der Waals surface area contributed by atoms with Crippen LogP contribution in [0.3, 0.4) is 0 Å². The predicted molar refractivity (Wildman–Crippen MR) is 77.3 cm³/mol. The maximum absolute atomic E-state index is 6.01. The SMILES string of the molecule is CCCOc1ncnc(NCCC2CCCC2)c1N. The van der Waals surface area contributed by atoms with Crippen LogP contribution in [0.25, 0.3) is 0 Å². The van der Waals surface area contributed by atoms with E-state index in [0.29, 0.717) is 24.0 Å². The summed E-state index contributed by atoms with van der Waals surface area (Å²) in [5.41, 5.74) is 6.52. The Hall–Kier alpha value is -1.52. The fourth-order valence-corrected chi connectivity index (χ4v) is 2.53. The van der Waals surface area contributed by atoms with Crippen LogP contribution in [0.2, 0.25) is 0 Å². The molecule has 0 amide bonds. The molecular formula is C14H24N4O. The van der Waals surface area contributed by atoms with Crippen molar-refractivity contribution >= 4 is 11.5 Å². The summed E-state index contributed by atoms with van der Waals surface area (Å²) < 4.78 is 5.49. The summed E-state index contributed by atoms with van der Waals surface area (Å²) in [7, 11) is 0. The molecule has 1 aromatic rings. The summed E-state index contributed by atoms with van der Waals surface area (Å²) >= 11 is 0. The van der Waals surface area contributed by atoms with Gasteiger partial charge in [0, 0.05) is 6.54 Å². The van der Waals surface area contributed by atoms with Crippen molar-refractivity contribution in [1.29, 1.82) is 0 Å². The van der Waals surface area contributed by atoms with Gasteiger partial charge in [0.15, 0.2) is 5.82 Å². The van der Waals surface area contributed by atoms with Crippen LogP contribution in [0.4, 0.5) is 11.5 Å². The molecule has 1 aliphatic rings. The number of ether oxygens (including phenoxy) is 1. The van der Waals surface area contributed by atoms with Gasteiger partial charge in [-0.25, -0.2) is 4.98 Å². The molecule has 5 nitrogen and oxygen atoms in total. The Kier molecular flexibility index (Phi) is 5.24. The first-order chi connectivity index (χ1) is 9.31. The monoisotopic (exact) mass is 264 g/mol. The standard InChI is InChI=1S/C14H24N4O/c1-2-9-19-14-12(15)13(17-10-18-14)16-8-7-11-5-3-4-6-11/h10-11H,2-9,15H2,1H3,(H,16,17,18). The van der Waals surface area contributed by atoms with E-state index in [2.05, 4.69) is 22.2 Å². The van der Waals surface area contributed by atoms with E-state index < -0.39 is 0 Å². The van der Waals surface area contributed by atoms with Crippen molar-refractivity contribution in [2.24, 2.45) is 5.92 Å². The first-order valence-corrected chi connectivity index (χ1v) is 7.28. The van der Waals surface area contributed by atoms with Crippen LogP contribution in [0.5, 0.6) is 5.88 Å². The second kappa shape index (κ2) is 7.16. The highest BCUT2D eigenvalue weighted by atomic mass is 16.5. The minimum atomic E-state index is 0.486. The summed E-state index contributed by atoms with van der Waals surface area (Å²) in [6, 6.07) is 0. The Labute approximate surface area is 115 Å². The van der Waals surface area contributed by atoms with Crippen LogP contribution in [0.15, 0.2) is 6.33 Å². The van der Waals surface area contributed by atoms with Gasteiger partial charge in [-0.1, -0.05) is 32.6 Å². The molecule has 0 spiro atoms. The van der Waals surface area contributed by atoms with Crippen molar-refractivity contribution in [2.75, 3.05) is 24.2 Å². The van der Waals surface area contributed by atoms with Crippen molar-refractivity contribution in [1.82, 2.24) is 9.97 Å². The fraction of sp³-hybridized carbons (Fsp3) is 0.714. The number of anilines is 2. The lowest BCUT2D eigenvalue weighted by molar-refractivity contribution is 0.306. The Bertz CT molecular complexity index is 391. The third-order valence-electron chi connectivity index (χ3n) is 3.61. The lowest BCUT2D eigenvalue weighted by Gasteiger charge is -2.13. The molecule has 5 heteroatoms. The number of nitrogens with one attached hydrogen (secondary N) is 1. The van der Waals surface area contributed by atoms with E-state index >= 15 is 0 Å². The van der Waals surface area contributed by atoms with Gasteiger partial charge in [-0.15, -0.1) is 0 Å². The second-order valence-corrected chi connectivity index (χ2v) is 5.16. The largest absolute Gasteiger partial charge is 0.476 e. The molecule has 1 fully saturated rings. The molecule has 0 bridgehead atoms. The van der Waals surface area contributed by atoms with Crippen LogP contribution in [0, 0.1) is 5.92 Å². The maximum atomic E-state index is 6.01. The molecule has 0 radical (unpaired) electrons. The zero-order valence-corrected chi connectivity index (χ0v) is 11.7. The van der Waals surface area contributed by atoms with Gasteiger partial charge >= 0.3 is 0 Å². The zero-order chi connectivity index (χ0) is 13.5. The van der Waals surface area contributed by atoms with Gasteiger partial charge in [0.05, 0.1) is 6.61 Å². The number of rotatable bonds is 7. The van der Waals surface area contributed by atoms with Crippen LogP contribution < -0.4 is 15.8 Å². The number of nitrogens with two attached hydrogens (primary N) is 1. The van der Waals surface area contributed by atoms with Crippen molar-refractivity contribution in [3.05, 3.63) is 6.33 Å². The predicted octanol–water partition coefficient (Wildman–Crippen LogP) is 2.84.